The number of carbonyl (C=O) groups excluding carboxylic acids is 1. The van der Waals surface area contributed by atoms with Crippen LogP contribution in [-0.2, 0) is 16.6 Å². The zero-order chi connectivity index (χ0) is 19.3. The number of hydrogen-bond acceptors (Lipinski definition) is 4. The first-order valence-corrected chi connectivity index (χ1v) is 10.6. The first-order valence-electron chi connectivity index (χ1n) is 9.11. The van der Waals surface area contributed by atoms with Crippen LogP contribution in [-0.4, -0.2) is 38.3 Å². The van der Waals surface area contributed by atoms with Crippen LogP contribution in [0.15, 0.2) is 53.4 Å². The number of carbonyl (C=O) groups is 1. The number of nitrogens with one attached hydrogen (secondary N) is 1. The predicted molar refractivity (Wildman–Crippen MR) is 103 cm³/mol. The minimum absolute atomic E-state index is 0.225. The highest BCUT2D eigenvalue weighted by molar-refractivity contribution is 7.89. The van der Waals surface area contributed by atoms with E-state index in [1.165, 1.54) is 16.4 Å². The summed E-state index contributed by atoms with van der Waals surface area (Å²) < 4.78 is 32.1. The summed E-state index contributed by atoms with van der Waals surface area (Å²) in [6, 6.07) is 13.6. The van der Waals surface area contributed by atoms with Gasteiger partial charge in [-0.2, -0.15) is 4.31 Å². The molecule has 27 heavy (non-hydrogen) atoms. The third kappa shape index (κ3) is 4.48. The minimum Gasteiger partial charge on any atom is -0.494 e. The average Bonchev–Trinajstić information content (AvgIpc) is 3.23. The SMILES string of the molecule is CCOc1ccccc1CNC(=O)c1ccc(S(=O)(=O)N2CCCC2)cc1. The maximum Gasteiger partial charge on any atom is 0.251 e. The highest BCUT2D eigenvalue weighted by Crippen LogP contribution is 2.21. The lowest BCUT2D eigenvalue weighted by Gasteiger charge is -2.15. The summed E-state index contributed by atoms with van der Waals surface area (Å²) in [5.74, 6) is 0.485. The maximum atomic E-state index is 12.5. The molecular formula is C20H24N2O4S. The van der Waals surface area contributed by atoms with Gasteiger partial charge in [0.1, 0.15) is 5.75 Å². The Kier molecular flexibility index (Phi) is 6.13. The Balaban J connectivity index is 1.66. The zero-order valence-corrected chi connectivity index (χ0v) is 16.2. The fourth-order valence-corrected chi connectivity index (χ4v) is 4.60. The summed E-state index contributed by atoms with van der Waals surface area (Å²) in [5.41, 5.74) is 1.31. The van der Waals surface area contributed by atoms with Crippen LogP contribution in [0.2, 0.25) is 0 Å². The molecule has 2 aromatic rings. The largest absolute Gasteiger partial charge is 0.494 e. The van der Waals surface area contributed by atoms with Gasteiger partial charge in [-0.15, -0.1) is 0 Å². The molecular weight excluding hydrogens is 364 g/mol. The van der Waals surface area contributed by atoms with Gasteiger partial charge in [0, 0.05) is 30.8 Å². The van der Waals surface area contributed by atoms with Gasteiger partial charge in [-0.25, -0.2) is 8.42 Å². The topological polar surface area (TPSA) is 75.7 Å². The second-order valence-electron chi connectivity index (χ2n) is 6.36. The molecule has 3 rings (SSSR count). The Labute approximate surface area is 160 Å². The summed E-state index contributed by atoms with van der Waals surface area (Å²) in [5, 5.41) is 2.85. The lowest BCUT2D eigenvalue weighted by molar-refractivity contribution is 0.0950. The van der Waals surface area contributed by atoms with Crippen LogP contribution in [0.5, 0.6) is 5.75 Å². The summed E-state index contributed by atoms with van der Waals surface area (Å²) in [6.07, 6.45) is 1.78. The Hall–Kier alpha value is -2.38. The van der Waals surface area contributed by atoms with E-state index < -0.39 is 10.0 Å². The molecule has 0 bridgehead atoms. The Morgan fingerprint density at radius 2 is 1.74 bits per heavy atom. The number of rotatable bonds is 7. The first-order chi connectivity index (χ1) is 13.0. The van der Waals surface area contributed by atoms with Crippen LogP contribution in [0.3, 0.4) is 0 Å². The molecule has 1 fully saturated rings. The second kappa shape index (κ2) is 8.54. The molecule has 1 amide bonds. The van der Waals surface area contributed by atoms with E-state index in [2.05, 4.69) is 5.32 Å². The summed E-state index contributed by atoms with van der Waals surface area (Å²) in [7, 11) is -3.46. The molecule has 6 nitrogen and oxygen atoms in total. The van der Waals surface area contributed by atoms with Crippen molar-refractivity contribution >= 4 is 15.9 Å². The number of sulfonamides is 1. The van der Waals surface area contributed by atoms with Gasteiger partial charge < -0.3 is 10.1 Å². The minimum atomic E-state index is -3.46. The third-order valence-electron chi connectivity index (χ3n) is 4.53. The van der Waals surface area contributed by atoms with Crippen LogP contribution in [0, 0.1) is 0 Å². The highest BCUT2D eigenvalue weighted by Gasteiger charge is 2.27. The van der Waals surface area contributed by atoms with Crippen LogP contribution in [0.25, 0.3) is 0 Å². The van der Waals surface area contributed by atoms with Crippen molar-refractivity contribution in [2.24, 2.45) is 0 Å². The number of hydrogen-bond donors (Lipinski definition) is 1. The smallest absolute Gasteiger partial charge is 0.251 e. The van der Waals surface area contributed by atoms with Gasteiger partial charge in [0.05, 0.1) is 11.5 Å². The number of nitrogens with zero attached hydrogens (tertiary/aromatic N) is 1. The molecule has 1 saturated heterocycles. The molecule has 0 aliphatic carbocycles. The molecule has 7 heteroatoms. The molecule has 0 saturated carbocycles. The van der Waals surface area contributed by atoms with Gasteiger partial charge in [-0.05, 0) is 50.1 Å². The van der Waals surface area contributed by atoms with Crippen molar-refractivity contribution in [2.75, 3.05) is 19.7 Å². The third-order valence-corrected chi connectivity index (χ3v) is 6.44. The summed E-state index contributed by atoms with van der Waals surface area (Å²) in [4.78, 5) is 12.6. The van der Waals surface area contributed by atoms with Crippen LogP contribution in [0.4, 0.5) is 0 Å². The fourth-order valence-electron chi connectivity index (χ4n) is 3.08. The van der Waals surface area contributed by atoms with Gasteiger partial charge >= 0.3 is 0 Å². The molecule has 0 aromatic heterocycles. The van der Waals surface area contributed by atoms with Gasteiger partial charge in [-0.3, -0.25) is 4.79 Å². The van der Waals surface area contributed by atoms with Crippen molar-refractivity contribution in [2.45, 2.75) is 31.2 Å². The molecule has 144 valence electrons. The molecule has 0 atom stereocenters. The van der Waals surface area contributed by atoms with Crippen molar-refractivity contribution in [3.8, 4) is 5.75 Å². The van der Waals surface area contributed by atoms with Crippen LogP contribution >= 0.6 is 0 Å². The highest BCUT2D eigenvalue weighted by atomic mass is 32.2. The van der Waals surface area contributed by atoms with Crippen molar-refractivity contribution in [1.82, 2.24) is 9.62 Å². The standard InChI is InChI=1S/C20H24N2O4S/c1-2-26-19-8-4-3-7-17(19)15-21-20(23)16-9-11-18(12-10-16)27(24,25)22-13-5-6-14-22/h3-4,7-12H,2,5-6,13-15H2,1H3,(H,21,23). The van der Waals surface area contributed by atoms with Crippen LogP contribution < -0.4 is 10.1 Å². The maximum absolute atomic E-state index is 12.5. The lowest BCUT2D eigenvalue weighted by Crippen LogP contribution is -2.28. The Morgan fingerprint density at radius 1 is 1.07 bits per heavy atom. The fraction of sp³-hybridized carbons (Fsp3) is 0.350. The lowest BCUT2D eigenvalue weighted by atomic mass is 10.1. The van der Waals surface area contributed by atoms with E-state index in [0.29, 0.717) is 31.8 Å². The first kappa shape index (κ1) is 19.4. The average molecular weight is 388 g/mol. The number of benzene rings is 2. The second-order valence-corrected chi connectivity index (χ2v) is 8.30. The number of amides is 1. The van der Waals surface area contributed by atoms with Crippen molar-refractivity contribution < 1.29 is 17.9 Å². The van der Waals surface area contributed by atoms with Gasteiger partial charge in [0.15, 0.2) is 0 Å². The molecule has 1 aliphatic rings. The van der Waals surface area contributed by atoms with E-state index in [1.54, 1.807) is 12.1 Å². The van der Waals surface area contributed by atoms with E-state index in [9.17, 15) is 13.2 Å². The van der Waals surface area contributed by atoms with Crippen molar-refractivity contribution in [1.29, 1.82) is 0 Å². The molecule has 1 N–H and O–H groups in total. The van der Waals surface area contributed by atoms with E-state index in [1.807, 2.05) is 31.2 Å². The van der Waals surface area contributed by atoms with Gasteiger partial charge in [0.2, 0.25) is 10.0 Å². The number of ether oxygens (including phenoxy) is 1. The molecule has 1 heterocycles. The molecule has 0 unspecified atom stereocenters. The molecule has 1 aliphatic heterocycles. The van der Waals surface area contributed by atoms with E-state index >= 15 is 0 Å². The van der Waals surface area contributed by atoms with E-state index in [0.717, 1.165) is 24.2 Å². The normalized spacial score (nSPS) is 14.9. The van der Waals surface area contributed by atoms with E-state index in [4.69, 9.17) is 4.74 Å². The van der Waals surface area contributed by atoms with Gasteiger partial charge in [-0.1, -0.05) is 18.2 Å². The Morgan fingerprint density at radius 3 is 2.41 bits per heavy atom. The summed E-state index contributed by atoms with van der Waals surface area (Å²) >= 11 is 0. The van der Waals surface area contributed by atoms with Crippen LogP contribution in [0.1, 0.15) is 35.7 Å². The molecule has 0 radical (unpaired) electrons. The van der Waals surface area contributed by atoms with Crippen molar-refractivity contribution in [3.05, 3.63) is 59.7 Å². The van der Waals surface area contributed by atoms with Crippen molar-refractivity contribution in [3.63, 3.8) is 0 Å². The molecule has 0 spiro atoms. The zero-order valence-electron chi connectivity index (χ0n) is 15.3. The quantitative estimate of drug-likeness (QED) is 0.791. The molecule has 2 aromatic carbocycles. The summed E-state index contributed by atoms with van der Waals surface area (Å²) in [6.45, 7) is 3.92. The van der Waals surface area contributed by atoms with Gasteiger partial charge in [0.25, 0.3) is 5.91 Å². The number of para-hydroxylation sites is 1. The Bertz CT molecular complexity index is 888. The van der Waals surface area contributed by atoms with E-state index in [-0.39, 0.29) is 10.8 Å². The predicted octanol–water partition coefficient (Wildman–Crippen LogP) is 2.80. The monoisotopic (exact) mass is 388 g/mol.